The Bertz CT molecular complexity index is 1170. The van der Waals surface area contributed by atoms with Gasteiger partial charge in [0.2, 0.25) is 11.1 Å². The maximum Gasteiger partial charge on any atom is 0.363 e. The number of hydrogen-bond donors (Lipinski definition) is 1. The first kappa shape index (κ1) is 23.7. The number of carbonyl (C=O) groups is 2. The van der Waals surface area contributed by atoms with Gasteiger partial charge in [-0.15, -0.1) is 0 Å². The molecule has 0 unspecified atom stereocenters. The van der Waals surface area contributed by atoms with Crippen molar-refractivity contribution >= 4 is 23.3 Å². The minimum Gasteiger partial charge on any atom is -0.451 e. The zero-order valence-corrected chi connectivity index (χ0v) is 19.2. The largest absolute Gasteiger partial charge is 0.451 e. The Hall–Kier alpha value is -3.94. The molecule has 0 saturated heterocycles. The lowest BCUT2D eigenvalue weighted by molar-refractivity contribution is -0.119. The molecule has 0 aliphatic heterocycles. The van der Waals surface area contributed by atoms with Gasteiger partial charge in [-0.25, -0.2) is 9.48 Å². The molecule has 0 aliphatic carbocycles. The first-order valence-electron chi connectivity index (χ1n) is 10.8. The van der Waals surface area contributed by atoms with E-state index in [9.17, 15) is 14.4 Å². The number of ether oxygens (including phenoxy) is 1. The van der Waals surface area contributed by atoms with Crippen LogP contribution in [-0.2, 0) is 9.53 Å². The highest BCUT2D eigenvalue weighted by atomic mass is 16.5. The van der Waals surface area contributed by atoms with E-state index < -0.39 is 23.9 Å². The zero-order chi connectivity index (χ0) is 24.0. The van der Waals surface area contributed by atoms with Crippen molar-refractivity contribution in [1.82, 2.24) is 9.78 Å². The van der Waals surface area contributed by atoms with Crippen molar-refractivity contribution in [2.75, 3.05) is 23.4 Å². The van der Waals surface area contributed by atoms with Crippen LogP contribution < -0.4 is 15.6 Å². The first-order valence-corrected chi connectivity index (χ1v) is 10.8. The number of para-hydroxylation sites is 1. The van der Waals surface area contributed by atoms with Crippen LogP contribution >= 0.6 is 0 Å². The average molecular weight is 449 g/mol. The molecule has 1 amide bonds. The number of aromatic nitrogens is 2. The lowest BCUT2D eigenvalue weighted by atomic mass is 10.2. The lowest BCUT2D eigenvalue weighted by Gasteiger charge is -2.27. The van der Waals surface area contributed by atoms with Gasteiger partial charge in [0.05, 0.1) is 5.69 Å². The normalized spacial score (nSPS) is 10.7. The Morgan fingerprint density at radius 2 is 1.76 bits per heavy atom. The highest BCUT2D eigenvalue weighted by Crippen LogP contribution is 2.20. The molecule has 33 heavy (non-hydrogen) atoms. The third-order valence-electron chi connectivity index (χ3n) is 5.08. The second-order valence-electron chi connectivity index (χ2n) is 7.80. The van der Waals surface area contributed by atoms with Crippen LogP contribution in [0.2, 0.25) is 0 Å². The van der Waals surface area contributed by atoms with Crippen LogP contribution in [0.15, 0.2) is 65.5 Å². The SMILES string of the molecule is CCN(c1ccc(NC(=O)COC(=O)c2nn(-c3ccccc3)c(C)cc2=O)cc1)C(C)C. The summed E-state index contributed by atoms with van der Waals surface area (Å²) in [7, 11) is 0. The van der Waals surface area contributed by atoms with Crippen molar-refractivity contribution in [1.29, 1.82) is 0 Å². The topological polar surface area (TPSA) is 93.5 Å². The van der Waals surface area contributed by atoms with Crippen molar-refractivity contribution in [2.24, 2.45) is 0 Å². The van der Waals surface area contributed by atoms with Crippen LogP contribution in [-0.4, -0.2) is 40.9 Å². The Kier molecular flexibility index (Phi) is 7.61. The molecule has 1 aromatic heterocycles. The number of carbonyl (C=O) groups excluding carboxylic acids is 2. The third-order valence-corrected chi connectivity index (χ3v) is 5.08. The standard InChI is InChI=1S/C25H28N4O4/c1-5-28(17(2)3)20-13-11-19(12-14-20)26-23(31)16-33-25(32)24-22(30)15-18(4)29(27-24)21-9-7-6-8-10-21/h6-15,17H,5,16H2,1-4H3,(H,26,31). The molecule has 172 valence electrons. The van der Waals surface area contributed by atoms with Gasteiger partial charge in [-0.3, -0.25) is 9.59 Å². The Labute approximate surface area is 192 Å². The van der Waals surface area contributed by atoms with Crippen LogP contribution in [0.25, 0.3) is 5.69 Å². The number of esters is 1. The molecule has 0 atom stereocenters. The summed E-state index contributed by atoms with van der Waals surface area (Å²) in [6.45, 7) is 8.38. The van der Waals surface area contributed by atoms with E-state index >= 15 is 0 Å². The Balaban J connectivity index is 1.64. The fraction of sp³-hybridized carbons (Fsp3) is 0.280. The molecule has 0 aliphatic rings. The molecule has 3 aromatic rings. The summed E-state index contributed by atoms with van der Waals surface area (Å²) in [4.78, 5) is 39.2. The van der Waals surface area contributed by atoms with Crippen LogP contribution in [0.5, 0.6) is 0 Å². The van der Waals surface area contributed by atoms with Gasteiger partial charge < -0.3 is 15.0 Å². The summed E-state index contributed by atoms with van der Waals surface area (Å²) in [5, 5.41) is 6.83. The van der Waals surface area contributed by atoms with Gasteiger partial charge in [0.15, 0.2) is 6.61 Å². The minimum atomic E-state index is -0.953. The molecule has 0 spiro atoms. The van der Waals surface area contributed by atoms with E-state index in [1.807, 2.05) is 30.3 Å². The van der Waals surface area contributed by atoms with Crippen LogP contribution in [0.1, 0.15) is 37.0 Å². The molecule has 3 rings (SSSR count). The number of rotatable bonds is 8. The smallest absolute Gasteiger partial charge is 0.363 e. The van der Waals surface area contributed by atoms with Crippen molar-refractivity contribution < 1.29 is 14.3 Å². The third kappa shape index (κ3) is 5.85. The monoisotopic (exact) mass is 448 g/mol. The maximum atomic E-state index is 12.5. The highest BCUT2D eigenvalue weighted by molar-refractivity contribution is 5.94. The van der Waals surface area contributed by atoms with Crippen LogP contribution in [0.4, 0.5) is 11.4 Å². The molecule has 0 bridgehead atoms. The number of nitrogens with one attached hydrogen (secondary N) is 1. The fourth-order valence-corrected chi connectivity index (χ4v) is 3.50. The van der Waals surface area contributed by atoms with E-state index in [0.717, 1.165) is 12.2 Å². The molecular formula is C25H28N4O4. The predicted octanol–water partition coefficient (Wildman–Crippen LogP) is 3.57. The predicted molar refractivity (Wildman–Crippen MR) is 128 cm³/mol. The fourth-order valence-electron chi connectivity index (χ4n) is 3.50. The number of amides is 1. The maximum absolute atomic E-state index is 12.5. The van der Waals surface area contributed by atoms with Crippen molar-refractivity contribution in [3.05, 3.63) is 82.3 Å². The van der Waals surface area contributed by atoms with E-state index in [2.05, 4.69) is 36.1 Å². The van der Waals surface area contributed by atoms with Gasteiger partial charge in [-0.1, -0.05) is 18.2 Å². The number of anilines is 2. The Morgan fingerprint density at radius 3 is 2.36 bits per heavy atom. The first-order chi connectivity index (χ1) is 15.8. The van der Waals surface area contributed by atoms with Crippen molar-refractivity contribution in [3.63, 3.8) is 0 Å². The molecule has 0 fully saturated rings. The lowest BCUT2D eigenvalue weighted by Crippen LogP contribution is -2.30. The average Bonchev–Trinajstić information content (AvgIpc) is 2.79. The zero-order valence-electron chi connectivity index (χ0n) is 19.2. The number of benzene rings is 2. The van der Waals surface area contributed by atoms with E-state index in [1.165, 1.54) is 10.7 Å². The molecule has 2 aromatic carbocycles. The Morgan fingerprint density at radius 1 is 1.09 bits per heavy atom. The molecule has 0 saturated carbocycles. The van der Waals surface area contributed by atoms with Gasteiger partial charge in [0, 0.05) is 35.7 Å². The van der Waals surface area contributed by atoms with Crippen LogP contribution in [0, 0.1) is 6.92 Å². The van der Waals surface area contributed by atoms with Gasteiger partial charge in [-0.05, 0) is 64.1 Å². The summed E-state index contributed by atoms with van der Waals surface area (Å²) in [6, 6.07) is 18.2. The van der Waals surface area contributed by atoms with Gasteiger partial charge in [0.1, 0.15) is 0 Å². The molecule has 0 radical (unpaired) electrons. The summed E-state index contributed by atoms with van der Waals surface area (Å²) < 4.78 is 6.53. The van der Waals surface area contributed by atoms with Gasteiger partial charge in [0.25, 0.3) is 5.91 Å². The van der Waals surface area contributed by atoms with E-state index in [1.54, 1.807) is 31.2 Å². The summed E-state index contributed by atoms with van der Waals surface area (Å²) in [5.41, 5.74) is 1.96. The van der Waals surface area contributed by atoms with Gasteiger partial charge in [-0.2, -0.15) is 5.10 Å². The van der Waals surface area contributed by atoms with Crippen LogP contribution in [0.3, 0.4) is 0 Å². The van der Waals surface area contributed by atoms with E-state index in [-0.39, 0.29) is 5.69 Å². The summed E-state index contributed by atoms with van der Waals surface area (Å²) in [5.74, 6) is -1.46. The summed E-state index contributed by atoms with van der Waals surface area (Å²) in [6.07, 6.45) is 0. The second-order valence-corrected chi connectivity index (χ2v) is 7.80. The number of hydrogen-bond acceptors (Lipinski definition) is 6. The number of nitrogens with zero attached hydrogens (tertiary/aromatic N) is 3. The molecule has 1 N–H and O–H groups in total. The number of aryl methyl sites for hydroxylation is 1. The molecule has 1 heterocycles. The quantitative estimate of drug-likeness (QED) is 0.530. The highest BCUT2D eigenvalue weighted by Gasteiger charge is 2.18. The van der Waals surface area contributed by atoms with Gasteiger partial charge >= 0.3 is 5.97 Å². The molecule has 8 heteroatoms. The van der Waals surface area contributed by atoms with Crippen molar-refractivity contribution in [3.8, 4) is 5.69 Å². The molecular weight excluding hydrogens is 420 g/mol. The van der Waals surface area contributed by atoms with E-state index in [0.29, 0.717) is 23.1 Å². The second kappa shape index (κ2) is 10.6. The van der Waals surface area contributed by atoms with E-state index in [4.69, 9.17) is 4.74 Å². The van der Waals surface area contributed by atoms with Crippen molar-refractivity contribution in [2.45, 2.75) is 33.7 Å². The minimum absolute atomic E-state index is 0.358. The summed E-state index contributed by atoms with van der Waals surface area (Å²) >= 11 is 0. The molecule has 8 nitrogen and oxygen atoms in total.